The van der Waals surface area contributed by atoms with Crippen molar-refractivity contribution in [1.29, 1.82) is 0 Å². The largest absolute Gasteiger partial charge is 0.493 e. The zero-order valence-corrected chi connectivity index (χ0v) is 20.3. The topological polar surface area (TPSA) is 78.8 Å². The predicted octanol–water partition coefficient (Wildman–Crippen LogP) is 6.50. The normalized spacial score (nSPS) is 11.9. The average molecular weight is 505 g/mol. The minimum absolute atomic E-state index is 0.420. The van der Waals surface area contributed by atoms with Crippen LogP contribution < -0.4 is 10.5 Å². The van der Waals surface area contributed by atoms with Crippen LogP contribution in [0.1, 0.15) is 33.6 Å². The summed E-state index contributed by atoms with van der Waals surface area (Å²) in [7, 11) is 0. The molecule has 3 aromatic heterocycles. The molecule has 0 bridgehead atoms. The van der Waals surface area contributed by atoms with Crippen molar-refractivity contribution in [1.82, 2.24) is 19.5 Å². The summed E-state index contributed by atoms with van der Waals surface area (Å²) in [4.78, 5) is 12.8. The highest BCUT2D eigenvalue weighted by Crippen LogP contribution is 2.27. The van der Waals surface area contributed by atoms with E-state index in [1.807, 2.05) is 50.4 Å². The lowest BCUT2D eigenvalue weighted by Gasteiger charge is -2.17. The molecule has 1 aromatic carbocycles. The van der Waals surface area contributed by atoms with Gasteiger partial charge in [-0.3, -0.25) is 0 Å². The average Bonchev–Trinajstić information content (AvgIpc) is 3.20. The first-order valence-electron chi connectivity index (χ1n) is 10.5. The summed E-state index contributed by atoms with van der Waals surface area (Å²) in [6.07, 6.45) is 5.52. The van der Waals surface area contributed by atoms with Crippen LogP contribution in [0.15, 0.2) is 47.3 Å². The Kier molecular flexibility index (Phi) is 8.09. The van der Waals surface area contributed by atoms with Gasteiger partial charge in [0.25, 0.3) is 0 Å². The molecular formula is C23H27BrClN5O. The van der Waals surface area contributed by atoms with Gasteiger partial charge in [0.1, 0.15) is 28.7 Å². The van der Waals surface area contributed by atoms with E-state index in [9.17, 15) is 0 Å². The summed E-state index contributed by atoms with van der Waals surface area (Å²) in [5, 5.41) is 2.39. The fourth-order valence-corrected chi connectivity index (χ4v) is 3.85. The van der Waals surface area contributed by atoms with E-state index in [0.29, 0.717) is 23.5 Å². The second kappa shape index (κ2) is 10.8. The standard InChI is InChI=1S/C21H21BrClN5O.C2H6/c1-2-13(5-7-28-8-6-16-19(23)25-12-26-21(16)28)11-29-15-4-3-14-9-17(22)20(24)27-18(14)10-15;1-2/h3-4,6,8-10,12-13H,2,5,7,11H2,1H3,(H2,24,27);1-2H3. The van der Waals surface area contributed by atoms with Gasteiger partial charge in [-0.25, -0.2) is 15.0 Å². The Morgan fingerprint density at radius 3 is 2.77 bits per heavy atom. The van der Waals surface area contributed by atoms with E-state index in [2.05, 4.69) is 42.4 Å². The lowest BCUT2D eigenvalue weighted by Crippen LogP contribution is -2.14. The Morgan fingerprint density at radius 1 is 1.19 bits per heavy atom. The molecule has 0 saturated heterocycles. The molecule has 6 nitrogen and oxygen atoms in total. The maximum atomic E-state index is 6.14. The number of aromatic nitrogens is 4. The predicted molar refractivity (Wildman–Crippen MR) is 132 cm³/mol. The summed E-state index contributed by atoms with van der Waals surface area (Å²) in [6, 6.07) is 9.83. The Morgan fingerprint density at radius 2 is 2.00 bits per heavy atom. The van der Waals surface area contributed by atoms with Gasteiger partial charge in [-0.15, -0.1) is 0 Å². The quantitative estimate of drug-likeness (QED) is 0.291. The van der Waals surface area contributed by atoms with Crippen molar-refractivity contribution in [2.75, 3.05) is 12.3 Å². The molecule has 2 N–H and O–H groups in total. The van der Waals surface area contributed by atoms with Gasteiger partial charge in [-0.2, -0.15) is 0 Å². The van der Waals surface area contributed by atoms with Crippen LogP contribution in [0, 0.1) is 5.92 Å². The summed E-state index contributed by atoms with van der Waals surface area (Å²) >= 11 is 9.55. The molecule has 0 amide bonds. The van der Waals surface area contributed by atoms with Gasteiger partial charge in [0.05, 0.1) is 22.0 Å². The summed E-state index contributed by atoms with van der Waals surface area (Å²) in [6.45, 7) is 7.67. The first-order chi connectivity index (χ1) is 15.0. The third-order valence-electron chi connectivity index (χ3n) is 5.12. The van der Waals surface area contributed by atoms with Crippen molar-refractivity contribution in [3.05, 3.63) is 52.5 Å². The van der Waals surface area contributed by atoms with E-state index in [1.165, 1.54) is 6.33 Å². The second-order valence-corrected chi connectivity index (χ2v) is 8.21. The lowest BCUT2D eigenvalue weighted by atomic mass is 10.0. The number of anilines is 1. The number of aryl methyl sites for hydroxylation is 1. The van der Waals surface area contributed by atoms with Crippen LogP contribution >= 0.6 is 27.5 Å². The molecule has 4 aromatic rings. The molecule has 0 aliphatic rings. The van der Waals surface area contributed by atoms with E-state index >= 15 is 0 Å². The van der Waals surface area contributed by atoms with Crippen molar-refractivity contribution in [2.45, 2.75) is 40.2 Å². The fraction of sp³-hybridized carbons (Fsp3) is 0.348. The molecule has 8 heteroatoms. The highest BCUT2D eigenvalue weighted by Gasteiger charge is 2.12. The first kappa shape index (κ1) is 23.3. The van der Waals surface area contributed by atoms with Gasteiger partial charge in [-0.05, 0) is 59.0 Å². The number of nitrogen functional groups attached to an aromatic ring is 1. The van der Waals surface area contributed by atoms with Crippen LogP contribution in [0.4, 0.5) is 5.82 Å². The fourth-order valence-electron chi connectivity index (χ4n) is 3.32. The van der Waals surface area contributed by atoms with Crippen molar-refractivity contribution in [2.24, 2.45) is 5.92 Å². The molecule has 0 spiro atoms. The monoisotopic (exact) mass is 503 g/mol. The van der Waals surface area contributed by atoms with E-state index in [-0.39, 0.29) is 0 Å². The number of rotatable bonds is 7. The van der Waals surface area contributed by atoms with Gasteiger partial charge >= 0.3 is 0 Å². The molecule has 0 fully saturated rings. The Hall–Kier alpha value is -2.38. The van der Waals surface area contributed by atoms with Gasteiger partial charge in [0.2, 0.25) is 0 Å². The molecule has 0 aliphatic carbocycles. The van der Waals surface area contributed by atoms with Crippen LogP contribution in [0.3, 0.4) is 0 Å². The van der Waals surface area contributed by atoms with E-state index in [1.54, 1.807) is 0 Å². The number of pyridine rings is 1. The van der Waals surface area contributed by atoms with Crippen molar-refractivity contribution in [3.8, 4) is 5.75 Å². The highest BCUT2D eigenvalue weighted by atomic mass is 79.9. The van der Waals surface area contributed by atoms with Crippen LogP contribution in [0.2, 0.25) is 5.15 Å². The smallest absolute Gasteiger partial charge is 0.144 e. The highest BCUT2D eigenvalue weighted by molar-refractivity contribution is 9.10. The van der Waals surface area contributed by atoms with Crippen LogP contribution in [0.5, 0.6) is 5.75 Å². The molecule has 164 valence electrons. The zero-order chi connectivity index (χ0) is 22.4. The van der Waals surface area contributed by atoms with Crippen LogP contribution in [-0.4, -0.2) is 26.1 Å². The van der Waals surface area contributed by atoms with E-state index < -0.39 is 0 Å². The number of fused-ring (bicyclic) bond motifs is 2. The molecule has 0 saturated carbocycles. The van der Waals surface area contributed by atoms with Crippen molar-refractivity contribution >= 4 is 55.3 Å². The molecule has 0 aliphatic heterocycles. The number of ether oxygens (including phenoxy) is 1. The van der Waals surface area contributed by atoms with Gasteiger partial charge in [0, 0.05) is 24.2 Å². The number of hydrogen-bond donors (Lipinski definition) is 1. The summed E-state index contributed by atoms with van der Waals surface area (Å²) in [5.41, 5.74) is 7.59. The lowest BCUT2D eigenvalue weighted by molar-refractivity contribution is 0.231. The van der Waals surface area contributed by atoms with Gasteiger partial charge in [-0.1, -0.05) is 32.4 Å². The number of nitrogens with two attached hydrogens (primary N) is 1. The molecule has 3 heterocycles. The minimum atomic E-state index is 0.420. The van der Waals surface area contributed by atoms with Crippen molar-refractivity contribution < 1.29 is 4.74 Å². The maximum absolute atomic E-state index is 6.14. The van der Waals surface area contributed by atoms with E-state index in [4.69, 9.17) is 22.1 Å². The number of benzene rings is 1. The first-order valence-corrected chi connectivity index (χ1v) is 11.7. The minimum Gasteiger partial charge on any atom is -0.493 e. The number of halogens is 2. The summed E-state index contributed by atoms with van der Waals surface area (Å²) < 4.78 is 8.98. The third kappa shape index (κ3) is 5.46. The molecule has 0 radical (unpaired) electrons. The zero-order valence-electron chi connectivity index (χ0n) is 18.0. The van der Waals surface area contributed by atoms with Gasteiger partial charge < -0.3 is 15.0 Å². The molecule has 1 atom stereocenters. The molecular weight excluding hydrogens is 478 g/mol. The van der Waals surface area contributed by atoms with Crippen LogP contribution in [0.25, 0.3) is 21.9 Å². The number of nitrogens with zero attached hydrogens (tertiary/aromatic N) is 4. The number of hydrogen-bond acceptors (Lipinski definition) is 5. The molecule has 31 heavy (non-hydrogen) atoms. The third-order valence-corrected chi connectivity index (χ3v) is 6.05. The molecule has 4 rings (SSSR count). The van der Waals surface area contributed by atoms with Crippen molar-refractivity contribution in [3.63, 3.8) is 0 Å². The van der Waals surface area contributed by atoms with E-state index in [0.717, 1.165) is 51.5 Å². The van der Waals surface area contributed by atoms with Gasteiger partial charge in [0.15, 0.2) is 0 Å². The maximum Gasteiger partial charge on any atom is 0.144 e. The Balaban J connectivity index is 0.00000132. The summed E-state index contributed by atoms with van der Waals surface area (Å²) in [5.74, 6) is 1.70. The molecule has 1 unspecified atom stereocenters. The SMILES string of the molecule is CC.CCC(CCn1ccc2c(Cl)ncnc21)COc1ccc2cc(Br)c(N)nc2c1. The Labute approximate surface area is 195 Å². The van der Waals surface area contributed by atoms with Crippen LogP contribution in [-0.2, 0) is 6.54 Å². The second-order valence-electron chi connectivity index (χ2n) is 6.99. The Bertz CT molecular complexity index is 1160.